The second kappa shape index (κ2) is 13.8. The van der Waals surface area contributed by atoms with Crippen LogP contribution < -0.4 is 4.90 Å². The van der Waals surface area contributed by atoms with Crippen LogP contribution in [0.15, 0.2) is 218 Å². The summed E-state index contributed by atoms with van der Waals surface area (Å²) in [5.41, 5.74) is 14.2. The maximum absolute atomic E-state index is 2.47. The van der Waals surface area contributed by atoms with E-state index in [-0.39, 0.29) is 0 Å². The fourth-order valence-electron chi connectivity index (χ4n) is 8.59. The van der Waals surface area contributed by atoms with Crippen LogP contribution in [0.4, 0.5) is 17.1 Å². The molecule has 2 aromatic heterocycles. The van der Waals surface area contributed by atoms with Gasteiger partial charge in [-0.25, -0.2) is 0 Å². The van der Waals surface area contributed by atoms with Crippen LogP contribution in [0.5, 0.6) is 0 Å². The monoisotopic (exact) mass is 744 g/mol. The van der Waals surface area contributed by atoms with Crippen molar-refractivity contribution in [3.63, 3.8) is 0 Å². The zero-order valence-corrected chi connectivity index (χ0v) is 31.9. The van der Waals surface area contributed by atoms with Crippen molar-refractivity contribution in [3.05, 3.63) is 218 Å². The molecule has 11 aromatic rings. The molecule has 0 aliphatic rings. The van der Waals surface area contributed by atoms with Crippen LogP contribution in [0.25, 0.3) is 81.0 Å². The van der Waals surface area contributed by atoms with Crippen molar-refractivity contribution in [2.45, 2.75) is 0 Å². The van der Waals surface area contributed by atoms with Gasteiger partial charge in [-0.05, 0) is 70.8 Å². The van der Waals surface area contributed by atoms with Crippen LogP contribution >= 0.6 is 11.3 Å². The van der Waals surface area contributed by atoms with Gasteiger partial charge in [0, 0.05) is 48.7 Å². The van der Waals surface area contributed by atoms with E-state index in [1.807, 2.05) is 11.3 Å². The Morgan fingerprint density at radius 1 is 0.351 bits per heavy atom. The van der Waals surface area contributed by atoms with Gasteiger partial charge in [0.1, 0.15) is 0 Å². The molecule has 57 heavy (non-hydrogen) atoms. The summed E-state index contributed by atoms with van der Waals surface area (Å²) >= 11 is 1.86. The van der Waals surface area contributed by atoms with E-state index >= 15 is 0 Å². The average molecular weight is 745 g/mol. The Bertz CT molecular complexity index is 3210. The van der Waals surface area contributed by atoms with Gasteiger partial charge in [0.15, 0.2) is 0 Å². The SMILES string of the molecule is c1ccc(-c2ccc(N(c3ccc(-c4ccccc4-n4c5ccccc5c5cccc(-c6ccccc6)c54)cc3)c3cccc4c3sc3ccccc34)cc2)cc1. The highest BCUT2D eigenvalue weighted by Crippen LogP contribution is 2.46. The third kappa shape index (κ3) is 5.63. The number of fused-ring (bicyclic) bond motifs is 6. The van der Waals surface area contributed by atoms with Gasteiger partial charge in [-0.2, -0.15) is 0 Å². The summed E-state index contributed by atoms with van der Waals surface area (Å²) in [6.07, 6.45) is 0. The molecule has 0 fully saturated rings. The van der Waals surface area contributed by atoms with Gasteiger partial charge in [-0.1, -0.05) is 170 Å². The molecule has 0 atom stereocenters. The predicted octanol–water partition coefficient (Wildman–Crippen LogP) is 15.6. The van der Waals surface area contributed by atoms with E-state index in [0.717, 1.165) is 22.6 Å². The van der Waals surface area contributed by atoms with E-state index in [9.17, 15) is 0 Å². The van der Waals surface area contributed by atoms with E-state index in [1.54, 1.807) is 0 Å². The smallest absolute Gasteiger partial charge is 0.0640 e. The first-order chi connectivity index (χ1) is 28.3. The topological polar surface area (TPSA) is 8.17 Å². The standard InChI is InChI=1S/C54H36N2S/c1-3-15-37(16-4-1)38-29-33-41(34-30-38)55(51-27-14-24-48-46-21-9-12-28-52(46)57-54(48)51)42-35-31-40(32-36-42)43-19-7-10-25-49(43)56-50-26-11-8-20-45(50)47-23-13-22-44(53(47)56)39-17-5-2-6-18-39/h1-36H. The van der Waals surface area contributed by atoms with E-state index in [2.05, 4.69) is 228 Å². The van der Waals surface area contributed by atoms with E-state index < -0.39 is 0 Å². The minimum atomic E-state index is 1.11. The molecule has 0 radical (unpaired) electrons. The minimum Gasteiger partial charge on any atom is -0.309 e. The fraction of sp³-hybridized carbons (Fsp3) is 0. The van der Waals surface area contributed by atoms with Gasteiger partial charge < -0.3 is 9.47 Å². The molecule has 2 nitrogen and oxygen atoms in total. The lowest BCUT2D eigenvalue weighted by Crippen LogP contribution is -2.10. The quantitative estimate of drug-likeness (QED) is 0.158. The van der Waals surface area contributed by atoms with Crippen LogP contribution in [-0.2, 0) is 0 Å². The molecule has 268 valence electrons. The first kappa shape index (κ1) is 33.2. The first-order valence-corrected chi connectivity index (χ1v) is 20.3. The lowest BCUT2D eigenvalue weighted by Gasteiger charge is -2.26. The Labute approximate surface area is 335 Å². The van der Waals surface area contributed by atoms with Crippen molar-refractivity contribution in [2.75, 3.05) is 4.90 Å². The molecule has 0 saturated carbocycles. The molecule has 0 saturated heterocycles. The first-order valence-electron chi connectivity index (χ1n) is 19.4. The second-order valence-electron chi connectivity index (χ2n) is 14.5. The molecule has 3 heteroatoms. The van der Waals surface area contributed by atoms with Crippen LogP contribution in [0, 0.1) is 0 Å². The van der Waals surface area contributed by atoms with Gasteiger partial charge in [-0.3, -0.25) is 0 Å². The maximum atomic E-state index is 2.47. The molecular formula is C54H36N2S. The lowest BCUT2D eigenvalue weighted by molar-refractivity contribution is 1.18. The average Bonchev–Trinajstić information content (AvgIpc) is 3.84. The Kier molecular flexibility index (Phi) is 8.04. The molecule has 0 aliphatic carbocycles. The number of para-hydroxylation sites is 3. The van der Waals surface area contributed by atoms with Gasteiger partial charge in [0.25, 0.3) is 0 Å². The van der Waals surface area contributed by atoms with Gasteiger partial charge >= 0.3 is 0 Å². The highest BCUT2D eigenvalue weighted by atomic mass is 32.1. The summed E-state index contributed by atoms with van der Waals surface area (Å²) in [5.74, 6) is 0. The van der Waals surface area contributed by atoms with Crippen LogP contribution in [0.2, 0.25) is 0 Å². The zero-order chi connectivity index (χ0) is 37.7. The molecule has 0 aliphatic heterocycles. The molecule has 11 rings (SSSR count). The molecule has 0 N–H and O–H groups in total. The number of thiophene rings is 1. The summed E-state index contributed by atoms with van der Waals surface area (Å²) in [6, 6.07) is 79.3. The normalized spacial score (nSPS) is 11.5. The van der Waals surface area contributed by atoms with Crippen molar-refractivity contribution in [1.29, 1.82) is 0 Å². The summed E-state index contributed by atoms with van der Waals surface area (Å²) < 4.78 is 5.05. The number of rotatable bonds is 7. The number of benzene rings is 9. The lowest BCUT2D eigenvalue weighted by atomic mass is 10.0. The zero-order valence-electron chi connectivity index (χ0n) is 31.1. The third-order valence-electron chi connectivity index (χ3n) is 11.2. The van der Waals surface area contributed by atoms with Crippen molar-refractivity contribution >= 4 is 70.4 Å². The van der Waals surface area contributed by atoms with Crippen LogP contribution in [-0.4, -0.2) is 4.57 Å². The van der Waals surface area contributed by atoms with Crippen molar-refractivity contribution < 1.29 is 0 Å². The minimum absolute atomic E-state index is 1.11. The summed E-state index contributed by atoms with van der Waals surface area (Å²) in [4.78, 5) is 2.42. The number of aromatic nitrogens is 1. The van der Waals surface area contributed by atoms with E-state index in [1.165, 1.54) is 75.5 Å². The molecule has 0 spiro atoms. The fourth-order valence-corrected chi connectivity index (χ4v) is 9.80. The number of anilines is 3. The number of hydrogen-bond acceptors (Lipinski definition) is 2. The van der Waals surface area contributed by atoms with Crippen molar-refractivity contribution in [2.24, 2.45) is 0 Å². The molecule has 0 bridgehead atoms. The van der Waals surface area contributed by atoms with Crippen LogP contribution in [0.3, 0.4) is 0 Å². The number of nitrogens with zero attached hydrogens (tertiary/aromatic N) is 2. The van der Waals surface area contributed by atoms with E-state index in [4.69, 9.17) is 0 Å². The molecule has 9 aromatic carbocycles. The third-order valence-corrected chi connectivity index (χ3v) is 12.4. The molecule has 0 unspecified atom stereocenters. The Hall–Kier alpha value is -7.20. The largest absolute Gasteiger partial charge is 0.309 e. The van der Waals surface area contributed by atoms with E-state index in [0.29, 0.717) is 0 Å². The maximum Gasteiger partial charge on any atom is 0.0640 e. The molecule has 2 heterocycles. The Balaban J connectivity index is 1.07. The summed E-state index contributed by atoms with van der Waals surface area (Å²) in [7, 11) is 0. The summed E-state index contributed by atoms with van der Waals surface area (Å²) in [6.45, 7) is 0. The van der Waals surface area contributed by atoms with Crippen molar-refractivity contribution in [3.8, 4) is 39.1 Å². The predicted molar refractivity (Wildman–Crippen MR) is 245 cm³/mol. The Morgan fingerprint density at radius 2 is 0.877 bits per heavy atom. The highest BCUT2D eigenvalue weighted by Gasteiger charge is 2.21. The van der Waals surface area contributed by atoms with Gasteiger partial charge in [-0.15, -0.1) is 11.3 Å². The summed E-state index contributed by atoms with van der Waals surface area (Å²) in [5, 5.41) is 5.08. The highest BCUT2D eigenvalue weighted by molar-refractivity contribution is 7.26. The second-order valence-corrected chi connectivity index (χ2v) is 15.5. The van der Waals surface area contributed by atoms with Crippen molar-refractivity contribution in [1.82, 2.24) is 4.57 Å². The van der Waals surface area contributed by atoms with Gasteiger partial charge in [0.2, 0.25) is 0 Å². The van der Waals surface area contributed by atoms with Crippen LogP contribution in [0.1, 0.15) is 0 Å². The van der Waals surface area contributed by atoms with Gasteiger partial charge in [0.05, 0.1) is 27.1 Å². The Morgan fingerprint density at radius 3 is 1.65 bits per heavy atom. The number of hydrogen-bond donors (Lipinski definition) is 0. The molecular weight excluding hydrogens is 709 g/mol. The molecule has 0 amide bonds.